The Labute approximate surface area is 93.8 Å². The molecule has 0 radical (unpaired) electrons. The lowest BCUT2D eigenvalue weighted by Gasteiger charge is -2.20. The van der Waals surface area contributed by atoms with E-state index in [1.807, 2.05) is 6.92 Å². The number of amides is 1. The molecule has 1 saturated heterocycles. The molecule has 16 heavy (non-hydrogen) atoms. The van der Waals surface area contributed by atoms with Gasteiger partial charge in [-0.15, -0.1) is 0 Å². The number of unbranched alkanes of at least 4 members (excludes halogenated alkanes) is 1. The molecule has 1 aliphatic rings. The number of aliphatic carboxylic acids is 1. The molecule has 1 heterocycles. The van der Waals surface area contributed by atoms with Crippen LogP contribution in [0.1, 0.15) is 26.2 Å². The standard InChI is InChI=1S/C10H17NO5/c1-2-3-4-16-10(15)11-6-7(12)5-8(11)9(13)14/h7-8,12H,2-6H2,1H3,(H,13,14)/t7-,8?/m1/s1. The lowest BCUT2D eigenvalue weighted by molar-refractivity contribution is -0.141. The molecule has 1 aliphatic heterocycles. The van der Waals surface area contributed by atoms with Crippen molar-refractivity contribution >= 4 is 12.1 Å². The third-order valence-electron chi connectivity index (χ3n) is 2.52. The Bertz CT molecular complexity index is 268. The molecule has 2 N–H and O–H groups in total. The summed E-state index contributed by atoms with van der Waals surface area (Å²) >= 11 is 0. The van der Waals surface area contributed by atoms with Crippen LogP contribution in [0.15, 0.2) is 0 Å². The number of β-amino-alcohol motifs (C(OH)–C–C–N with tert-alkyl or cyclic N) is 1. The average Bonchev–Trinajstić information content (AvgIpc) is 2.61. The molecule has 0 spiro atoms. The molecule has 92 valence electrons. The number of carbonyl (C=O) groups excluding carboxylic acids is 1. The maximum Gasteiger partial charge on any atom is 0.410 e. The summed E-state index contributed by atoms with van der Waals surface area (Å²) in [5, 5.41) is 18.2. The molecule has 6 nitrogen and oxygen atoms in total. The summed E-state index contributed by atoms with van der Waals surface area (Å²) in [6.45, 7) is 2.28. The lowest BCUT2D eigenvalue weighted by Crippen LogP contribution is -2.41. The van der Waals surface area contributed by atoms with E-state index >= 15 is 0 Å². The number of aliphatic hydroxyl groups is 1. The van der Waals surface area contributed by atoms with Gasteiger partial charge < -0.3 is 14.9 Å². The van der Waals surface area contributed by atoms with Gasteiger partial charge in [-0.05, 0) is 6.42 Å². The highest BCUT2D eigenvalue weighted by molar-refractivity contribution is 5.80. The maximum absolute atomic E-state index is 11.5. The van der Waals surface area contributed by atoms with Crippen LogP contribution >= 0.6 is 0 Å². The van der Waals surface area contributed by atoms with E-state index in [4.69, 9.17) is 9.84 Å². The van der Waals surface area contributed by atoms with Crippen molar-refractivity contribution in [2.24, 2.45) is 0 Å². The van der Waals surface area contributed by atoms with Gasteiger partial charge in [0.1, 0.15) is 6.04 Å². The van der Waals surface area contributed by atoms with Gasteiger partial charge in [0.15, 0.2) is 0 Å². The van der Waals surface area contributed by atoms with Crippen LogP contribution in [0, 0.1) is 0 Å². The molecule has 6 heteroatoms. The monoisotopic (exact) mass is 231 g/mol. The van der Waals surface area contributed by atoms with Crippen LogP contribution in [0.3, 0.4) is 0 Å². The number of aliphatic hydroxyl groups excluding tert-OH is 1. The minimum Gasteiger partial charge on any atom is -0.480 e. The summed E-state index contributed by atoms with van der Waals surface area (Å²) in [4.78, 5) is 23.4. The van der Waals surface area contributed by atoms with Crippen LogP contribution < -0.4 is 0 Å². The third-order valence-corrected chi connectivity index (χ3v) is 2.52. The second-order valence-electron chi connectivity index (χ2n) is 3.86. The number of nitrogens with zero attached hydrogens (tertiary/aromatic N) is 1. The molecule has 1 fully saturated rings. The van der Waals surface area contributed by atoms with Gasteiger partial charge in [0.25, 0.3) is 0 Å². The Morgan fingerprint density at radius 3 is 2.75 bits per heavy atom. The predicted molar refractivity (Wildman–Crippen MR) is 55.0 cm³/mol. The molecular weight excluding hydrogens is 214 g/mol. The van der Waals surface area contributed by atoms with E-state index in [9.17, 15) is 14.7 Å². The Hall–Kier alpha value is -1.30. The summed E-state index contributed by atoms with van der Waals surface area (Å²) in [5.41, 5.74) is 0. The van der Waals surface area contributed by atoms with Gasteiger partial charge >= 0.3 is 12.1 Å². The summed E-state index contributed by atoms with van der Waals surface area (Å²) in [5.74, 6) is -1.11. The summed E-state index contributed by atoms with van der Waals surface area (Å²) in [6, 6.07) is -0.968. The molecular formula is C10H17NO5. The van der Waals surface area contributed by atoms with Gasteiger partial charge in [-0.1, -0.05) is 13.3 Å². The number of ether oxygens (including phenoxy) is 1. The van der Waals surface area contributed by atoms with E-state index in [1.54, 1.807) is 0 Å². The zero-order valence-electron chi connectivity index (χ0n) is 9.26. The highest BCUT2D eigenvalue weighted by Gasteiger charge is 2.39. The van der Waals surface area contributed by atoms with E-state index < -0.39 is 24.2 Å². The number of hydrogen-bond donors (Lipinski definition) is 2. The molecule has 0 aromatic rings. The molecule has 0 aromatic heterocycles. The topological polar surface area (TPSA) is 87.1 Å². The molecule has 0 aliphatic carbocycles. The normalized spacial score (nSPS) is 24.5. The van der Waals surface area contributed by atoms with E-state index in [-0.39, 0.29) is 19.6 Å². The number of hydrogen-bond acceptors (Lipinski definition) is 4. The van der Waals surface area contributed by atoms with Crippen LogP contribution in [0.2, 0.25) is 0 Å². The summed E-state index contributed by atoms with van der Waals surface area (Å²) in [6.07, 6.45) is 0.285. The minimum atomic E-state index is -1.11. The highest BCUT2D eigenvalue weighted by atomic mass is 16.6. The van der Waals surface area contributed by atoms with Crippen LogP contribution in [-0.4, -0.2) is 52.5 Å². The Morgan fingerprint density at radius 1 is 1.50 bits per heavy atom. The Kier molecular flexibility index (Phi) is 4.54. The van der Waals surface area contributed by atoms with Gasteiger partial charge in [-0.2, -0.15) is 0 Å². The van der Waals surface area contributed by atoms with Crippen molar-refractivity contribution in [1.29, 1.82) is 0 Å². The Balaban J connectivity index is 2.50. The first-order valence-corrected chi connectivity index (χ1v) is 5.40. The molecule has 1 rings (SSSR count). The van der Waals surface area contributed by atoms with E-state index in [0.29, 0.717) is 0 Å². The van der Waals surface area contributed by atoms with Gasteiger partial charge in [0, 0.05) is 6.42 Å². The summed E-state index contributed by atoms with van der Waals surface area (Å²) in [7, 11) is 0. The number of likely N-dealkylation sites (tertiary alicyclic amines) is 1. The molecule has 1 unspecified atom stereocenters. The second kappa shape index (κ2) is 5.69. The van der Waals surface area contributed by atoms with Crippen molar-refractivity contribution in [3.63, 3.8) is 0 Å². The van der Waals surface area contributed by atoms with Crippen molar-refractivity contribution in [2.75, 3.05) is 13.2 Å². The van der Waals surface area contributed by atoms with Crippen molar-refractivity contribution < 1.29 is 24.5 Å². The second-order valence-corrected chi connectivity index (χ2v) is 3.86. The van der Waals surface area contributed by atoms with Crippen LogP contribution in [0.5, 0.6) is 0 Å². The number of carboxylic acid groups (broad SMARTS) is 1. The van der Waals surface area contributed by atoms with Crippen molar-refractivity contribution in [2.45, 2.75) is 38.3 Å². The largest absolute Gasteiger partial charge is 0.480 e. The van der Waals surface area contributed by atoms with E-state index in [2.05, 4.69) is 0 Å². The van der Waals surface area contributed by atoms with Gasteiger partial charge in [-0.3, -0.25) is 4.90 Å². The van der Waals surface area contributed by atoms with Gasteiger partial charge in [0.2, 0.25) is 0 Å². The highest BCUT2D eigenvalue weighted by Crippen LogP contribution is 2.19. The van der Waals surface area contributed by atoms with Gasteiger partial charge in [-0.25, -0.2) is 9.59 Å². The minimum absolute atomic E-state index is 0.0297. The summed E-state index contributed by atoms with van der Waals surface area (Å²) < 4.78 is 4.91. The average molecular weight is 231 g/mol. The van der Waals surface area contributed by atoms with Gasteiger partial charge in [0.05, 0.1) is 19.3 Å². The molecule has 1 amide bonds. The SMILES string of the molecule is CCCCOC(=O)N1C[C@H](O)CC1C(=O)O. The molecule has 2 atom stereocenters. The zero-order chi connectivity index (χ0) is 12.1. The van der Waals surface area contributed by atoms with Crippen LogP contribution in [-0.2, 0) is 9.53 Å². The number of carboxylic acids is 1. The first kappa shape index (κ1) is 12.8. The zero-order valence-corrected chi connectivity index (χ0v) is 9.26. The van der Waals surface area contributed by atoms with E-state index in [1.165, 1.54) is 0 Å². The maximum atomic E-state index is 11.5. The number of carbonyl (C=O) groups is 2. The lowest BCUT2D eigenvalue weighted by atomic mass is 10.2. The first-order chi connectivity index (χ1) is 7.56. The third kappa shape index (κ3) is 3.10. The quantitative estimate of drug-likeness (QED) is 0.686. The molecule has 0 bridgehead atoms. The van der Waals surface area contributed by atoms with Crippen LogP contribution in [0.25, 0.3) is 0 Å². The smallest absolute Gasteiger partial charge is 0.410 e. The fourth-order valence-electron chi connectivity index (χ4n) is 1.64. The fourth-order valence-corrected chi connectivity index (χ4v) is 1.64. The van der Waals surface area contributed by atoms with E-state index in [0.717, 1.165) is 17.7 Å². The predicted octanol–water partition coefficient (Wildman–Crippen LogP) is 0.443. The Morgan fingerprint density at radius 2 is 2.19 bits per heavy atom. The fraction of sp³-hybridized carbons (Fsp3) is 0.800. The van der Waals surface area contributed by atoms with Crippen molar-refractivity contribution in [3.05, 3.63) is 0 Å². The molecule has 0 aromatic carbocycles. The van der Waals surface area contributed by atoms with Crippen LogP contribution in [0.4, 0.5) is 4.79 Å². The first-order valence-electron chi connectivity index (χ1n) is 5.40. The molecule has 0 saturated carbocycles. The van der Waals surface area contributed by atoms with Crippen molar-refractivity contribution in [1.82, 2.24) is 4.90 Å². The van der Waals surface area contributed by atoms with Crippen molar-refractivity contribution in [3.8, 4) is 0 Å². The number of rotatable bonds is 4.